The van der Waals surface area contributed by atoms with Gasteiger partial charge in [-0.15, -0.1) is 10.2 Å². The molecule has 0 aliphatic carbocycles. The minimum atomic E-state index is -0.460. The van der Waals surface area contributed by atoms with Crippen molar-refractivity contribution in [3.8, 4) is 0 Å². The Morgan fingerprint density at radius 3 is 2.47 bits per heavy atom. The molecular formula is C9H15N3O2S. The molecule has 2 N–H and O–H groups in total. The molecule has 0 aliphatic rings. The predicted octanol–water partition coefficient (Wildman–Crippen LogP) is 0.881. The van der Waals surface area contributed by atoms with E-state index in [9.17, 15) is 4.79 Å². The molecule has 0 spiro atoms. The zero-order valence-corrected chi connectivity index (χ0v) is 9.93. The minimum absolute atomic E-state index is 0.162. The molecular weight excluding hydrogens is 214 g/mol. The second kappa shape index (κ2) is 4.67. The summed E-state index contributed by atoms with van der Waals surface area (Å²) in [6.45, 7) is 5.84. The van der Waals surface area contributed by atoms with E-state index in [2.05, 4.69) is 10.2 Å². The fourth-order valence-electron chi connectivity index (χ4n) is 0.943. The molecule has 6 heteroatoms. The lowest BCUT2D eigenvalue weighted by atomic mass is 10.2. The summed E-state index contributed by atoms with van der Waals surface area (Å²) in [7, 11) is 0. The highest BCUT2D eigenvalue weighted by atomic mass is 32.1. The van der Waals surface area contributed by atoms with E-state index < -0.39 is 5.60 Å². The standard InChI is InChI=1S/C9H15N3O2S/c1-9(2,3)14-8(13)4-6-11-12-7(5-10)15-6/h4-5,10H2,1-3H3. The number of aromatic nitrogens is 2. The molecule has 84 valence electrons. The highest BCUT2D eigenvalue weighted by Crippen LogP contribution is 2.13. The molecule has 15 heavy (non-hydrogen) atoms. The molecule has 0 unspecified atom stereocenters. The van der Waals surface area contributed by atoms with E-state index in [-0.39, 0.29) is 12.4 Å². The van der Waals surface area contributed by atoms with Crippen LogP contribution in [0.1, 0.15) is 30.8 Å². The van der Waals surface area contributed by atoms with Gasteiger partial charge in [0, 0.05) is 6.54 Å². The van der Waals surface area contributed by atoms with Crippen LogP contribution in [0.3, 0.4) is 0 Å². The van der Waals surface area contributed by atoms with Crippen LogP contribution in [0, 0.1) is 0 Å². The van der Waals surface area contributed by atoms with Crippen LogP contribution in [0.15, 0.2) is 0 Å². The van der Waals surface area contributed by atoms with Gasteiger partial charge in [-0.3, -0.25) is 4.79 Å². The van der Waals surface area contributed by atoms with Gasteiger partial charge in [-0.1, -0.05) is 11.3 Å². The molecule has 0 saturated carbocycles. The van der Waals surface area contributed by atoms with Gasteiger partial charge in [-0.25, -0.2) is 0 Å². The molecule has 0 radical (unpaired) electrons. The molecule has 0 saturated heterocycles. The first-order chi connectivity index (χ1) is 6.90. The van der Waals surface area contributed by atoms with Gasteiger partial charge in [0.25, 0.3) is 0 Å². The van der Waals surface area contributed by atoms with Gasteiger partial charge in [0.05, 0.1) is 6.42 Å². The van der Waals surface area contributed by atoms with Gasteiger partial charge in [0.2, 0.25) is 0 Å². The summed E-state index contributed by atoms with van der Waals surface area (Å²) in [6.07, 6.45) is 0.162. The largest absolute Gasteiger partial charge is 0.460 e. The van der Waals surface area contributed by atoms with Crippen molar-refractivity contribution in [3.05, 3.63) is 10.0 Å². The van der Waals surface area contributed by atoms with E-state index >= 15 is 0 Å². The second-order valence-corrected chi connectivity index (χ2v) is 5.20. The number of nitrogens with zero attached hydrogens (tertiary/aromatic N) is 2. The first kappa shape index (κ1) is 12.1. The molecule has 0 atom stereocenters. The first-order valence-corrected chi connectivity index (χ1v) is 5.45. The number of rotatable bonds is 3. The Kier molecular flexibility index (Phi) is 3.76. The van der Waals surface area contributed by atoms with Crippen molar-refractivity contribution in [2.75, 3.05) is 0 Å². The Hall–Kier alpha value is -1.01. The summed E-state index contributed by atoms with van der Waals surface area (Å²) in [4.78, 5) is 11.4. The molecule has 1 aromatic heterocycles. The molecule has 1 heterocycles. The summed E-state index contributed by atoms with van der Waals surface area (Å²) in [6, 6.07) is 0. The van der Waals surface area contributed by atoms with Crippen LogP contribution >= 0.6 is 11.3 Å². The van der Waals surface area contributed by atoms with E-state index in [1.54, 1.807) is 0 Å². The Morgan fingerprint density at radius 2 is 2.00 bits per heavy atom. The van der Waals surface area contributed by atoms with Crippen LogP contribution in [0.5, 0.6) is 0 Å². The van der Waals surface area contributed by atoms with Gasteiger partial charge < -0.3 is 10.5 Å². The van der Waals surface area contributed by atoms with Crippen molar-refractivity contribution in [1.29, 1.82) is 0 Å². The molecule has 0 bridgehead atoms. The van der Waals surface area contributed by atoms with Crippen molar-refractivity contribution in [2.24, 2.45) is 5.73 Å². The average Bonchev–Trinajstić information content (AvgIpc) is 2.48. The summed E-state index contributed by atoms with van der Waals surface area (Å²) in [5.74, 6) is -0.290. The van der Waals surface area contributed by atoms with Crippen LogP contribution in [0.25, 0.3) is 0 Å². The van der Waals surface area contributed by atoms with Crippen molar-refractivity contribution >= 4 is 17.3 Å². The normalized spacial score (nSPS) is 11.5. The molecule has 0 aliphatic heterocycles. The number of carbonyl (C=O) groups excluding carboxylic acids is 1. The maximum atomic E-state index is 11.4. The van der Waals surface area contributed by atoms with Gasteiger partial charge >= 0.3 is 5.97 Å². The maximum Gasteiger partial charge on any atom is 0.313 e. The summed E-state index contributed by atoms with van der Waals surface area (Å²) >= 11 is 1.34. The van der Waals surface area contributed by atoms with E-state index in [0.29, 0.717) is 11.6 Å². The highest BCUT2D eigenvalue weighted by Gasteiger charge is 2.17. The Bertz CT molecular complexity index is 343. The predicted molar refractivity (Wildman–Crippen MR) is 57.3 cm³/mol. The van der Waals surface area contributed by atoms with Crippen LogP contribution in [0.4, 0.5) is 0 Å². The maximum absolute atomic E-state index is 11.4. The Labute approximate surface area is 92.6 Å². The van der Waals surface area contributed by atoms with Crippen LogP contribution in [-0.2, 0) is 22.5 Å². The van der Waals surface area contributed by atoms with E-state index in [1.807, 2.05) is 20.8 Å². The lowest BCUT2D eigenvalue weighted by Gasteiger charge is -2.18. The SMILES string of the molecule is CC(C)(C)OC(=O)Cc1nnc(CN)s1. The van der Waals surface area contributed by atoms with E-state index in [0.717, 1.165) is 5.01 Å². The molecule has 0 amide bonds. The van der Waals surface area contributed by atoms with Crippen molar-refractivity contribution in [2.45, 2.75) is 39.3 Å². The average molecular weight is 229 g/mol. The lowest BCUT2D eigenvalue weighted by Crippen LogP contribution is -2.24. The monoisotopic (exact) mass is 229 g/mol. The fourth-order valence-corrected chi connectivity index (χ4v) is 1.65. The third-order valence-corrected chi connectivity index (χ3v) is 2.34. The van der Waals surface area contributed by atoms with E-state index in [1.165, 1.54) is 11.3 Å². The summed E-state index contributed by atoms with van der Waals surface area (Å²) in [5.41, 5.74) is 4.93. The molecule has 0 fully saturated rings. The molecule has 1 rings (SSSR count). The van der Waals surface area contributed by atoms with Crippen molar-refractivity contribution in [1.82, 2.24) is 10.2 Å². The lowest BCUT2D eigenvalue weighted by molar-refractivity contribution is -0.153. The summed E-state index contributed by atoms with van der Waals surface area (Å²) < 4.78 is 5.15. The topological polar surface area (TPSA) is 78.1 Å². The molecule has 1 aromatic rings. The zero-order valence-electron chi connectivity index (χ0n) is 9.11. The summed E-state index contributed by atoms with van der Waals surface area (Å²) in [5, 5.41) is 9.04. The fraction of sp³-hybridized carbons (Fsp3) is 0.667. The second-order valence-electron chi connectivity index (χ2n) is 4.06. The number of hydrogen-bond acceptors (Lipinski definition) is 6. The number of ether oxygens (including phenoxy) is 1. The van der Waals surface area contributed by atoms with Crippen LogP contribution in [-0.4, -0.2) is 21.8 Å². The Morgan fingerprint density at radius 1 is 1.40 bits per heavy atom. The number of esters is 1. The van der Waals surface area contributed by atoms with Crippen LogP contribution < -0.4 is 5.73 Å². The van der Waals surface area contributed by atoms with Crippen molar-refractivity contribution < 1.29 is 9.53 Å². The zero-order chi connectivity index (χ0) is 11.5. The first-order valence-electron chi connectivity index (χ1n) is 4.64. The van der Waals surface area contributed by atoms with E-state index in [4.69, 9.17) is 10.5 Å². The van der Waals surface area contributed by atoms with Gasteiger partial charge in [-0.2, -0.15) is 0 Å². The highest BCUT2D eigenvalue weighted by molar-refractivity contribution is 7.11. The third-order valence-electron chi connectivity index (χ3n) is 1.40. The minimum Gasteiger partial charge on any atom is -0.460 e. The van der Waals surface area contributed by atoms with Gasteiger partial charge in [0.1, 0.15) is 15.6 Å². The van der Waals surface area contributed by atoms with Crippen molar-refractivity contribution in [3.63, 3.8) is 0 Å². The smallest absolute Gasteiger partial charge is 0.313 e. The van der Waals surface area contributed by atoms with Gasteiger partial charge in [0.15, 0.2) is 0 Å². The number of carbonyl (C=O) groups is 1. The quantitative estimate of drug-likeness (QED) is 0.778. The molecule has 0 aromatic carbocycles. The van der Waals surface area contributed by atoms with Crippen LogP contribution in [0.2, 0.25) is 0 Å². The third kappa shape index (κ3) is 4.35. The Balaban J connectivity index is 2.51. The number of hydrogen-bond donors (Lipinski definition) is 1. The number of nitrogens with two attached hydrogens (primary N) is 1. The molecule has 5 nitrogen and oxygen atoms in total. The van der Waals surface area contributed by atoms with Gasteiger partial charge in [-0.05, 0) is 20.8 Å².